The molecule has 1 nitrogen and oxygen atoms in total. The first-order valence-electron chi connectivity index (χ1n) is 5.77. The molecule has 0 atom stereocenters. The van der Waals surface area contributed by atoms with Gasteiger partial charge in [-0.25, -0.2) is 0 Å². The van der Waals surface area contributed by atoms with Crippen LogP contribution in [0.15, 0.2) is 42.5 Å². The topological polar surface area (TPSA) is 12.0 Å². The molecule has 1 N–H and O–H groups in total. The highest BCUT2D eigenvalue weighted by atomic mass is 32.1. The molecule has 0 saturated heterocycles. The maximum Gasteiger partial charge on any atom is 0.285 e. The Morgan fingerprint density at radius 3 is 2.44 bits per heavy atom. The van der Waals surface area contributed by atoms with Gasteiger partial charge in [-0.2, -0.15) is 8.78 Å². The molecule has 4 heteroatoms. The monoisotopic (exact) mass is 267 g/mol. The molecule has 0 bridgehead atoms. The predicted molar refractivity (Wildman–Crippen MR) is 71.1 cm³/mol. The van der Waals surface area contributed by atoms with E-state index in [1.165, 1.54) is 17.0 Å². The molecule has 18 heavy (non-hydrogen) atoms. The molecule has 0 radical (unpaired) electrons. The Hall–Kier alpha value is -1.26. The molecule has 0 saturated carbocycles. The fourth-order valence-electron chi connectivity index (χ4n) is 1.71. The van der Waals surface area contributed by atoms with Crippen molar-refractivity contribution in [3.05, 3.63) is 57.8 Å². The lowest BCUT2D eigenvalue weighted by atomic mass is 10.1. The molecule has 1 aromatic carbocycles. The second kappa shape index (κ2) is 5.59. The van der Waals surface area contributed by atoms with E-state index in [2.05, 4.69) is 5.32 Å². The molecule has 2 aromatic rings. The van der Waals surface area contributed by atoms with E-state index in [1.54, 1.807) is 29.5 Å². The van der Waals surface area contributed by atoms with Crippen molar-refractivity contribution in [2.75, 3.05) is 6.54 Å². The van der Waals surface area contributed by atoms with Crippen LogP contribution in [-0.2, 0) is 12.5 Å². The lowest BCUT2D eigenvalue weighted by Gasteiger charge is -2.17. The molecule has 1 aromatic heterocycles. The fraction of sp³-hybridized carbons (Fsp3) is 0.286. The van der Waals surface area contributed by atoms with Crippen LogP contribution in [0.1, 0.15) is 15.3 Å². The summed E-state index contributed by atoms with van der Waals surface area (Å²) in [6, 6.07) is 11.9. The molecule has 0 spiro atoms. The third kappa shape index (κ3) is 3.37. The molecule has 0 aliphatic heterocycles. The molecule has 0 aliphatic rings. The number of hydrogen-bond acceptors (Lipinski definition) is 2. The van der Waals surface area contributed by atoms with Crippen LogP contribution in [0.2, 0.25) is 0 Å². The van der Waals surface area contributed by atoms with Crippen molar-refractivity contribution in [2.24, 2.45) is 0 Å². The summed E-state index contributed by atoms with van der Waals surface area (Å²) >= 11 is 1.63. The Bertz CT molecular complexity index is 494. The minimum Gasteiger partial charge on any atom is -0.306 e. The van der Waals surface area contributed by atoms with Crippen molar-refractivity contribution >= 4 is 11.3 Å². The van der Waals surface area contributed by atoms with Crippen LogP contribution < -0.4 is 5.32 Å². The van der Waals surface area contributed by atoms with Crippen molar-refractivity contribution in [3.63, 3.8) is 0 Å². The van der Waals surface area contributed by atoms with E-state index in [4.69, 9.17) is 0 Å². The highest BCUT2D eigenvalue weighted by molar-refractivity contribution is 7.11. The zero-order valence-corrected chi connectivity index (χ0v) is 10.9. The van der Waals surface area contributed by atoms with Gasteiger partial charge >= 0.3 is 0 Å². The first kappa shape index (κ1) is 13.2. The molecule has 0 unspecified atom stereocenters. The number of halogens is 2. The minimum absolute atomic E-state index is 0.0554. The largest absolute Gasteiger partial charge is 0.306 e. The molecule has 0 fully saturated rings. The number of benzene rings is 1. The predicted octanol–water partition coefficient (Wildman–Crippen LogP) is 3.94. The van der Waals surface area contributed by atoms with E-state index in [0.717, 1.165) is 4.88 Å². The number of rotatable bonds is 5. The molecule has 0 aliphatic carbocycles. The standard InChI is InChI=1S/C14H15F2NS/c1-11-7-8-13(18-11)9-17-10-14(15,16)12-5-3-2-4-6-12/h2-8,17H,9-10H2,1H3. The van der Waals surface area contributed by atoms with Gasteiger partial charge in [-0.3, -0.25) is 0 Å². The van der Waals surface area contributed by atoms with E-state index >= 15 is 0 Å². The number of alkyl halides is 2. The third-order valence-electron chi connectivity index (χ3n) is 2.64. The van der Waals surface area contributed by atoms with Crippen molar-refractivity contribution < 1.29 is 8.78 Å². The minimum atomic E-state index is -2.83. The summed E-state index contributed by atoms with van der Waals surface area (Å²) in [7, 11) is 0. The third-order valence-corrected chi connectivity index (χ3v) is 3.64. The summed E-state index contributed by atoms with van der Waals surface area (Å²) in [5, 5.41) is 2.81. The van der Waals surface area contributed by atoms with E-state index in [9.17, 15) is 8.78 Å². The van der Waals surface area contributed by atoms with Crippen molar-refractivity contribution in [1.29, 1.82) is 0 Å². The first-order valence-corrected chi connectivity index (χ1v) is 6.59. The molecule has 2 rings (SSSR count). The molecule has 96 valence electrons. The van der Waals surface area contributed by atoms with Gasteiger partial charge in [0.05, 0.1) is 6.54 Å². The summed E-state index contributed by atoms with van der Waals surface area (Å²) in [5.41, 5.74) is 0.0554. The highest BCUT2D eigenvalue weighted by Gasteiger charge is 2.30. The van der Waals surface area contributed by atoms with Gasteiger partial charge in [0.2, 0.25) is 0 Å². The van der Waals surface area contributed by atoms with Gasteiger partial charge in [0.1, 0.15) is 0 Å². The maximum atomic E-state index is 13.8. The van der Waals surface area contributed by atoms with Crippen LogP contribution in [0.3, 0.4) is 0 Å². The van der Waals surface area contributed by atoms with Crippen LogP contribution in [0.5, 0.6) is 0 Å². The van der Waals surface area contributed by atoms with Crippen molar-refractivity contribution in [3.8, 4) is 0 Å². The molecule has 0 amide bonds. The molecular weight excluding hydrogens is 252 g/mol. The van der Waals surface area contributed by atoms with E-state index < -0.39 is 5.92 Å². The summed E-state index contributed by atoms with van der Waals surface area (Å²) < 4.78 is 27.6. The van der Waals surface area contributed by atoms with E-state index in [-0.39, 0.29) is 12.1 Å². The normalized spacial score (nSPS) is 11.7. The van der Waals surface area contributed by atoms with Crippen LogP contribution >= 0.6 is 11.3 Å². The van der Waals surface area contributed by atoms with Crippen LogP contribution in [-0.4, -0.2) is 6.54 Å². The summed E-state index contributed by atoms with van der Waals surface area (Å²) in [4.78, 5) is 2.28. The van der Waals surface area contributed by atoms with Gasteiger partial charge in [0.15, 0.2) is 0 Å². The highest BCUT2D eigenvalue weighted by Crippen LogP contribution is 2.26. The zero-order valence-electron chi connectivity index (χ0n) is 10.1. The lowest BCUT2D eigenvalue weighted by molar-refractivity contribution is -0.00337. The summed E-state index contributed by atoms with van der Waals surface area (Å²) in [5.74, 6) is -2.83. The molecule has 1 heterocycles. The Balaban J connectivity index is 1.89. The Morgan fingerprint density at radius 1 is 1.11 bits per heavy atom. The van der Waals surface area contributed by atoms with Gasteiger partial charge in [0, 0.05) is 21.9 Å². The Morgan fingerprint density at radius 2 is 1.83 bits per heavy atom. The van der Waals surface area contributed by atoms with Gasteiger partial charge in [-0.05, 0) is 19.1 Å². The quantitative estimate of drug-likeness (QED) is 0.865. The Kier molecular flexibility index (Phi) is 4.09. The SMILES string of the molecule is Cc1ccc(CNCC(F)(F)c2ccccc2)s1. The van der Waals surface area contributed by atoms with E-state index in [1.807, 2.05) is 19.1 Å². The Labute approximate surface area is 109 Å². The van der Waals surface area contributed by atoms with Crippen molar-refractivity contribution in [2.45, 2.75) is 19.4 Å². The summed E-state index contributed by atoms with van der Waals surface area (Å²) in [6.45, 7) is 2.15. The lowest BCUT2D eigenvalue weighted by Crippen LogP contribution is -2.30. The van der Waals surface area contributed by atoms with Crippen molar-refractivity contribution in [1.82, 2.24) is 5.32 Å². The van der Waals surface area contributed by atoms with Gasteiger partial charge in [-0.1, -0.05) is 30.3 Å². The van der Waals surface area contributed by atoms with Gasteiger partial charge in [-0.15, -0.1) is 11.3 Å². The van der Waals surface area contributed by atoms with Crippen LogP contribution in [0.4, 0.5) is 8.78 Å². The maximum absolute atomic E-state index is 13.8. The summed E-state index contributed by atoms with van der Waals surface area (Å²) in [6.07, 6.45) is 0. The van der Waals surface area contributed by atoms with Gasteiger partial charge in [0.25, 0.3) is 5.92 Å². The first-order chi connectivity index (χ1) is 8.58. The van der Waals surface area contributed by atoms with E-state index in [0.29, 0.717) is 6.54 Å². The second-order valence-corrected chi connectivity index (χ2v) is 5.56. The fourth-order valence-corrected chi connectivity index (χ4v) is 2.57. The second-order valence-electron chi connectivity index (χ2n) is 4.19. The number of aryl methyl sites for hydroxylation is 1. The average molecular weight is 267 g/mol. The van der Waals surface area contributed by atoms with Crippen LogP contribution in [0.25, 0.3) is 0 Å². The zero-order chi connectivity index (χ0) is 13.0. The number of hydrogen-bond donors (Lipinski definition) is 1. The van der Waals surface area contributed by atoms with Gasteiger partial charge < -0.3 is 5.32 Å². The number of nitrogens with one attached hydrogen (secondary N) is 1. The smallest absolute Gasteiger partial charge is 0.285 e. The average Bonchev–Trinajstić information content (AvgIpc) is 2.76. The molecular formula is C14H15F2NS. The number of thiophene rings is 1. The van der Waals surface area contributed by atoms with Crippen LogP contribution in [0, 0.1) is 6.92 Å².